The second-order valence-corrected chi connectivity index (χ2v) is 5.68. The molecule has 8 heteroatoms. The number of hydrogen-bond donors (Lipinski definition) is 2. The number of aliphatic carboxylic acids is 1. The standard InChI is InChI=1S/C12H16N2O5S/c1-4-7(15)13-12(19-3)10(18)14-8(9(16)17)6(2)5-20-11(12)14/h8,11H,2,4-5H2,1,3H3,(H,13,15)(H,16,17)/t8?,11-,12?/m1/s1. The summed E-state index contributed by atoms with van der Waals surface area (Å²) in [5, 5.41) is 11.2. The SMILES string of the molecule is C=C1CS[C@H]2N(C(=O)C2(NC(=O)CC)OC)C1C(=O)O. The molecule has 3 atom stereocenters. The number of thioether (sulfide) groups is 1. The second kappa shape index (κ2) is 5.10. The van der Waals surface area contributed by atoms with Crippen molar-refractivity contribution in [1.29, 1.82) is 0 Å². The Morgan fingerprint density at radius 1 is 1.65 bits per heavy atom. The first kappa shape index (κ1) is 14.9. The summed E-state index contributed by atoms with van der Waals surface area (Å²) in [6, 6.07) is -1.06. The van der Waals surface area contributed by atoms with Crippen LogP contribution in [0.4, 0.5) is 0 Å². The lowest BCUT2D eigenvalue weighted by Crippen LogP contribution is -2.83. The quantitative estimate of drug-likeness (QED) is 0.423. The van der Waals surface area contributed by atoms with Crippen LogP contribution in [-0.4, -0.2) is 57.8 Å². The lowest BCUT2D eigenvalue weighted by atomic mass is 9.95. The summed E-state index contributed by atoms with van der Waals surface area (Å²) in [4.78, 5) is 36.4. The Hall–Kier alpha value is -1.54. The molecule has 0 aromatic carbocycles. The van der Waals surface area contributed by atoms with E-state index >= 15 is 0 Å². The first-order valence-electron chi connectivity index (χ1n) is 6.10. The molecule has 2 amide bonds. The van der Waals surface area contributed by atoms with E-state index in [4.69, 9.17) is 4.74 Å². The number of methoxy groups -OCH3 is 1. The number of β-lactam (4-membered cyclic amide) rings is 1. The zero-order chi connectivity index (χ0) is 15.1. The monoisotopic (exact) mass is 300 g/mol. The Morgan fingerprint density at radius 3 is 2.80 bits per heavy atom. The maximum absolute atomic E-state index is 12.3. The van der Waals surface area contributed by atoms with Crippen LogP contribution in [0.2, 0.25) is 0 Å². The average molecular weight is 300 g/mol. The van der Waals surface area contributed by atoms with Gasteiger partial charge in [-0.05, 0) is 5.57 Å². The molecule has 0 aliphatic carbocycles. The molecule has 0 aromatic rings. The van der Waals surface area contributed by atoms with Crippen LogP contribution in [0.1, 0.15) is 13.3 Å². The molecule has 2 aliphatic heterocycles. The summed E-state index contributed by atoms with van der Waals surface area (Å²) in [5.74, 6) is -1.59. The van der Waals surface area contributed by atoms with Crippen molar-refractivity contribution < 1.29 is 24.2 Å². The first-order chi connectivity index (χ1) is 9.39. The van der Waals surface area contributed by atoms with Gasteiger partial charge in [0.2, 0.25) is 5.91 Å². The first-order valence-corrected chi connectivity index (χ1v) is 7.15. The molecule has 2 N–H and O–H groups in total. The second-order valence-electron chi connectivity index (χ2n) is 4.62. The van der Waals surface area contributed by atoms with Gasteiger partial charge in [0.1, 0.15) is 5.37 Å². The summed E-state index contributed by atoms with van der Waals surface area (Å²) in [7, 11) is 1.32. The van der Waals surface area contributed by atoms with Crippen molar-refractivity contribution in [3.63, 3.8) is 0 Å². The van der Waals surface area contributed by atoms with Crippen LogP contribution in [0.15, 0.2) is 12.2 Å². The highest BCUT2D eigenvalue weighted by Gasteiger charge is 2.67. The van der Waals surface area contributed by atoms with Crippen LogP contribution in [0, 0.1) is 0 Å². The van der Waals surface area contributed by atoms with Gasteiger partial charge in [-0.15, -0.1) is 11.8 Å². The van der Waals surface area contributed by atoms with Crippen LogP contribution in [0.3, 0.4) is 0 Å². The summed E-state index contributed by atoms with van der Waals surface area (Å²) in [6.45, 7) is 5.36. The van der Waals surface area contributed by atoms with Crippen LogP contribution >= 0.6 is 11.8 Å². The molecule has 2 saturated heterocycles. The van der Waals surface area contributed by atoms with Gasteiger partial charge in [0.05, 0.1) is 0 Å². The van der Waals surface area contributed by atoms with Crippen molar-refractivity contribution in [2.24, 2.45) is 0 Å². The molecule has 2 rings (SSSR count). The summed E-state index contributed by atoms with van der Waals surface area (Å²) in [5.41, 5.74) is -1.01. The zero-order valence-corrected chi connectivity index (χ0v) is 12.0. The molecule has 0 aromatic heterocycles. The molecule has 2 aliphatic rings. The summed E-state index contributed by atoms with van der Waals surface area (Å²) < 4.78 is 5.22. The fourth-order valence-corrected chi connectivity index (χ4v) is 3.79. The van der Waals surface area contributed by atoms with Gasteiger partial charge >= 0.3 is 5.97 Å². The molecular weight excluding hydrogens is 284 g/mol. The van der Waals surface area contributed by atoms with Crippen molar-refractivity contribution in [3.05, 3.63) is 12.2 Å². The highest BCUT2D eigenvalue weighted by molar-refractivity contribution is 8.00. The minimum absolute atomic E-state index is 0.213. The predicted molar refractivity (Wildman–Crippen MR) is 71.8 cm³/mol. The molecule has 0 radical (unpaired) electrons. The van der Waals surface area contributed by atoms with E-state index in [1.807, 2.05) is 0 Å². The van der Waals surface area contributed by atoms with E-state index < -0.39 is 29.0 Å². The van der Waals surface area contributed by atoms with E-state index in [1.165, 1.54) is 23.8 Å². The number of carbonyl (C=O) groups is 3. The van der Waals surface area contributed by atoms with Gasteiger partial charge in [-0.2, -0.15) is 0 Å². The number of fused-ring (bicyclic) bond motifs is 1. The molecule has 7 nitrogen and oxygen atoms in total. The molecule has 20 heavy (non-hydrogen) atoms. The van der Waals surface area contributed by atoms with Crippen LogP contribution in [-0.2, 0) is 19.1 Å². The highest BCUT2D eigenvalue weighted by atomic mass is 32.2. The number of carboxylic acids is 1. The van der Waals surface area contributed by atoms with Crippen LogP contribution in [0.25, 0.3) is 0 Å². The molecule has 2 unspecified atom stereocenters. The molecule has 2 fully saturated rings. The number of amides is 2. The Labute approximate surface area is 120 Å². The van der Waals surface area contributed by atoms with Crippen LogP contribution in [0.5, 0.6) is 0 Å². The van der Waals surface area contributed by atoms with E-state index in [9.17, 15) is 19.5 Å². The Bertz CT molecular complexity index is 494. The Kier molecular flexibility index (Phi) is 3.79. The molecule has 2 heterocycles. The number of carbonyl (C=O) groups excluding carboxylic acids is 2. The lowest BCUT2D eigenvalue weighted by Gasteiger charge is -2.58. The van der Waals surface area contributed by atoms with Crippen molar-refractivity contribution in [2.75, 3.05) is 12.9 Å². The van der Waals surface area contributed by atoms with Crippen molar-refractivity contribution in [3.8, 4) is 0 Å². The maximum atomic E-state index is 12.3. The minimum Gasteiger partial charge on any atom is -0.479 e. The average Bonchev–Trinajstić information content (AvgIpc) is 2.43. The topological polar surface area (TPSA) is 95.9 Å². The number of carboxylic acid groups (broad SMARTS) is 1. The number of rotatable bonds is 4. The third kappa shape index (κ3) is 1.90. The van der Waals surface area contributed by atoms with E-state index in [1.54, 1.807) is 6.92 Å². The smallest absolute Gasteiger partial charge is 0.330 e. The van der Waals surface area contributed by atoms with Gasteiger partial charge in [-0.25, -0.2) is 4.79 Å². The van der Waals surface area contributed by atoms with Crippen molar-refractivity contribution >= 4 is 29.5 Å². The maximum Gasteiger partial charge on any atom is 0.330 e. The van der Waals surface area contributed by atoms with E-state index in [-0.39, 0.29) is 12.3 Å². The fourth-order valence-electron chi connectivity index (χ4n) is 2.39. The molecule has 0 saturated carbocycles. The van der Waals surface area contributed by atoms with Gasteiger partial charge < -0.3 is 20.1 Å². The number of nitrogens with zero attached hydrogens (tertiary/aromatic N) is 1. The number of ether oxygens (including phenoxy) is 1. The van der Waals surface area contributed by atoms with Crippen LogP contribution < -0.4 is 5.32 Å². The zero-order valence-electron chi connectivity index (χ0n) is 11.2. The van der Waals surface area contributed by atoms with Gasteiger partial charge in [0.15, 0.2) is 6.04 Å². The predicted octanol–water partition coefficient (Wildman–Crippen LogP) is -0.220. The summed E-state index contributed by atoms with van der Waals surface area (Å²) >= 11 is 1.33. The third-order valence-electron chi connectivity index (χ3n) is 3.45. The molecular formula is C12H16N2O5S. The van der Waals surface area contributed by atoms with Gasteiger partial charge in [-0.3, -0.25) is 9.59 Å². The van der Waals surface area contributed by atoms with Gasteiger partial charge in [0, 0.05) is 19.3 Å². The minimum atomic E-state index is -1.47. The normalized spacial score (nSPS) is 32.4. The third-order valence-corrected chi connectivity index (χ3v) is 4.86. The lowest BCUT2D eigenvalue weighted by molar-refractivity contribution is -0.201. The number of hydrogen-bond acceptors (Lipinski definition) is 5. The summed E-state index contributed by atoms with van der Waals surface area (Å²) in [6.07, 6.45) is 0.213. The van der Waals surface area contributed by atoms with Gasteiger partial charge in [0.25, 0.3) is 11.6 Å². The van der Waals surface area contributed by atoms with E-state index in [2.05, 4.69) is 11.9 Å². The molecule has 110 valence electrons. The Balaban J connectivity index is 2.29. The van der Waals surface area contributed by atoms with E-state index in [0.717, 1.165) is 0 Å². The van der Waals surface area contributed by atoms with E-state index in [0.29, 0.717) is 11.3 Å². The van der Waals surface area contributed by atoms with Crippen molar-refractivity contribution in [2.45, 2.75) is 30.5 Å². The van der Waals surface area contributed by atoms with Crippen molar-refractivity contribution in [1.82, 2.24) is 10.2 Å². The molecule has 0 bridgehead atoms. The highest BCUT2D eigenvalue weighted by Crippen LogP contribution is 2.46. The largest absolute Gasteiger partial charge is 0.479 e. The van der Waals surface area contributed by atoms with Gasteiger partial charge in [-0.1, -0.05) is 13.5 Å². The number of nitrogens with one attached hydrogen (secondary N) is 1. The molecule has 0 spiro atoms. The Morgan fingerprint density at radius 2 is 2.30 bits per heavy atom. The fraction of sp³-hybridized carbons (Fsp3) is 0.583.